The zero-order valence-corrected chi connectivity index (χ0v) is 26.8. The molecule has 230 valence electrons. The lowest BCUT2D eigenvalue weighted by Gasteiger charge is -2.37. The fourth-order valence-electron chi connectivity index (χ4n) is 7.37. The predicted molar refractivity (Wildman–Crippen MR) is 184 cm³/mol. The number of carbonyl (C=O) groups excluding carboxylic acids is 1. The Bertz CT molecular complexity index is 1290. The molecule has 0 N–H and O–H groups in total. The highest BCUT2D eigenvalue weighted by Gasteiger charge is 2.38. The first-order chi connectivity index (χ1) is 21.7. The van der Waals surface area contributed by atoms with Gasteiger partial charge < -0.3 is 9.69 Å². The number of hydrogen-bond acceptors (Lipinski definition) is 3. The van der Waals surface area contributed by atoms with Crippen molar-refractivity contribution in [3.63, 3.8) is 0 Å². The van der Waals surface area contributed by atoms with Crippen LogP contribution in [0, 0.1) is 0 Å². The number of benzene rings is 4. The van der Waals surface area contributed by atoms with Crippen LogP contribution in [0.3, 0.4) is 0 Å². The van der Waals surface area contributed by atoms with E-state index < -0.39 is 5.41 Å². The van der Waals surface area contributed by atoms with Gasteiger partial charge >= 0.3 is 0 Å². The molecule has 1 aliphatic heterocycles. The van der Waals surface area contributed by atoms with Crippen LogP contribution in [0.25, 0.3) is 0 Å². The zero-order valence-electron chi connectivity index (χ0n) is 26.8. The second kappa shape index (κ2) is 16.0. The molecule has 0 spiro atoms. The summed E-state index contributed by atoms with van der Waals surface area (Å²) in [5.74, 6) is 0. The topological polar surface area (TPSA) is 23.6 Å². The molecule has 3 nitrogen and oxygen atoms in total. The maximum atomic E-state index is 11.6. The highest BCUT2D eigenvalue weighted by atomic mass is 16.1. The van der Waals surface area contributed by atoms with Gasteiger partial charge in [0.05, 0.1) is 11.5 Å². The summed E-state index contributed by atoms with van der Waals surface area (Å²) < 4.78 is 0. The molecule has 0 amide bonds. The van der Waals surface area contributed by atoms with Gasteiger partial charge in [0, 0.05) is 6.04 Å². The highest BCUT2D eigenvalue weighted by Crippen LogP contribution is 2.45. The monoisotopic (exact) mass is 586 g/mol. The van der Waals surface area contributed by atoms with Crippen LogP contribution in [-0.2, 0) is 16.6 Å². The van der Waals surface area contributed by atoms with Crippen LogP contribution < -0.4 is 0 Å². The Morgan fingerprint density at radius 1 is 0.750 bits per heavy atom. The van der Waals surface area contributed by atoms with Crippen molar-refractivity contribution in [2.45, 2.75) is 76.3 Å². The summed E-state index contributed by atoms with van der Waals surface area (Å²) in [5.41, 5.74) is 6.08. The Balaban J connectivity index is 1.31. The van der Waals surface area contributed by atoms with E-state index in [1.807, 2.05) is 0 Å². The van der Waals surface area contributed by atoms with Gasteiger partial charge in [0.15, 0.2) is 0 Å². The van der Waals surface area contributed by atoms with Gasteiger partial charge in [-0.15, -0.1) is 0 Å². The van der Waals surface area contributed by atoms with E-state index in [2.05, 4.69) is 139 Å². The Hall–Kier alpha value is -3.53. The number of likely N-dealkylation sites (tertiary alicyclic amines) is 1. The number of unbranched alkanes of at least 4 members (excludes halogenated alkanes) is 1. The largest absolute Gasteiger partial charge is 0.302 e. The summed E-state index contributed by atoms with van der Waals surface area (Å²) >= 11 is 0. The number of rotatable bonds is 14. The Kier molecular flexibility index (Phi) is 11.6. The Labute approximate surface area is 265 Å². The zero-order chi connectivity index (χ0) is 30.6. The van der Waals surface area contributed by atoms with E-state index in [-0.39, 0.29) is 6.04 Å². The standard InChI is InChI=1S/C41H50N2O/c1-3-42(29-16-17-31-43-30-15-7-14-24-40(43)33-44)34(2)32-35-25-27-39(28-26-35)41(36-18-8-4-9-19-36,37-20-10-5-11-21-37)38-22-12-6-13-23-38/h4-6,8-13,18-23,25-28,33-34,40H,3,7,14-17,24,29-32H2,1-2H3. The van der Waals surface area contributed by atoms with Crippen LogP contribution in [0.15, 0.2) is 115 Å². The van der Waals surface area contributed by atoms with E-state index in [9.17, 15) is 4.79 Å². The van der Waals surface area contributed by atoms with Crippen molar-refractivity contribution in [2.75, 3.05) is 26.2 Å². The summed E-state index contributed by atoms with van der Waals surface area (Å²) in [5, 5.41) is 0. The van der Waals surface area contributed by atoms with E-state index in [4.69, 9.17) is 0 Å². The molecule has 44 heavy (non-hydrogen) atoms. The van der Waals surface area contributed by atoms with Crippen LogP contribution in [0.5, 0.6) is 0 Å². The minimum Gasteiger partial charge on any atom is -0.302 e. The van der Waals surface area contributed by atoms with Crippen LogP contribution in [0.2, 0.25) is 0 Å². The molecule has 5 rings (SSSR count). The Morgan fingerprint density at radius 2 is 1.30 bits per heavy atom. The van der Waals surface area contributed by atoms with Crippen molar-refractivity contribution in [3.05, 3.63) is 143 Å². The highest BCUT2D eigenvalue weighted by molar-refractivity contribution is 5.60. The second-order valence-electron chi connectivity index (χ2n) is 12.5. The van der Waals surface area contributed by atoms with Crippen molar-refractivity contribution in [3.8, 4) is 0 Å². The number of likely N-dealkylation sites (N-methyl/N-ethyl adjacent to an activating group) is 1. The smallest absolute Gasteiger partial charge is 0.137 e. The lowest BCUT2D eigenvalue weighted by Crippen LogP contribution is -2.38. The minimum absolute atomic E-state index is 0.131. The fourth-order valence-corrected chi connectivity index (χ4v) is 7.37. The molecule has 0 saturated carbocycles. The lowest BCUT2D eigenvalue weighted by molar-refractivity contribution is -0.112. The van der Waals surface area contributed by atoms with Crippen molar-refractivity contribution in [1.82, 2.24) is 9.80 Å². The summed E-state index contributed by atoms with van der Waals surface area (Å²) in [7, 11) is 0. The lowest BCUT2D eigenvalue weighted by atomic mass is 9.65. The molecule has 2 unspecified atom stereocenters. The molecule has 4 aromatic rings. The number of aldehydes is 1. The number of nitrogens with zero attached hydrogens (tertiary/aromatic N) is 2. The van der Waals surface area contributed by atoms with Gasteiger partial charge in [-0.3, -0.25) is 4.90 Å². The van der Waals surface area contributed by atoms with E-state index in [1.165, 1.54) is 59.8 Å². The van der Waals surface area contributed by atoms with E-state index in [1.54, 1.807) is 0 Å². The molecular formula is C41H50N2O. The van der Waals surface area contributed by atoms with Crippen LogP contribution in [0.4, 0.5) is 0 Å². The molecule has 1 heterocycles. The third kappa shape index (κ3) is 7.39. The van der Waals surface area contributed by atoms with Gasteiger partial charge in [-0.25, -0.2) is 0 Å². The van der Waals surface area contributed by atoms with Crippen molar-refractivity contribution >= 4 is 6.29 Å². The minimum atomic E-state index is -0.403. The molecule has 0 aliphatic carbocycles. The average molecular weight is 587 g/mol. The summed E-state index contributed by atoms with van der Waals surface area (Å²) in [6.07, 6.45) is 9.25. The van der Waals surface area contributed by atoms with Crippen LogP contribution in [0.1, 0.15) is 80.2 Å². The first-order valence-corrected chi connectivity index (χ1v) is 16.9. The van der Waals surface area contributed by atoms with Gasteiger partial charge in [0.25, 0.3) is 0 Å². The fraction of sp³-hybridized carbons (Fsp3) is 0.390. The quantitative estimate of drug-likeness (QED) is 0.0840. The van der Waals surface area contributed by atoms with Crippen LogP contribution in [-0.4, -0.2) is 54.3 Å². The summed E-state index contributed by atoms with van der Waals surface area (Å²) in [6.45, 7) is 8.94. The van der Waals surface area contributed by atoms with Crippen molar-refractivity contribution in [1.29, 1.82) is 0 Å². The van der Waals surface area contributed by atoms with Gasteiger partial charge in [-0.05, 0) is 93.0 Å². The summed E-state index contributed by atoms with van der Waals surface area (Å²) in [6, 6.07) is 42.8. The third-order valence-corrected chi connectivity index (χ3v) is 9.78. The molecule has 0 radical (unpaired) electrons. The number of hydrogen-bond donors (Lipinski definition) is 0. The third-order valence-electron chi connectivity index (χ3n) is 9.78. The first kappa shape index (κ1) is 31.9. The SMILES string of the molecule is CCN(CCCCN1CCCCCC1C=O)C(C)Cc1ccc(C(c2ccccc2)(c2ccccc2)c2ccccc2)cc1. The molecule has 0 bridgehead atoms. The Morgan fingerprint density at radius 3 is 1.82 bits per heavy atom. The van der Waals surface area contributed by atoms with E-state index in [0.717, 1.165) is 45.4 Å². The molecular weight excluding hydrogens is 536 g/mol. The molecule has 1 aliphatic rings. The second-order valence-corrected chi connectivity index (χ2v) is 12.5. The van der Waals surface area contributed by atoms with Gasteiger partial charge in [-0.2, -0.15) is 0 Å². The molecule has 0 aromatic heterocycles. The van der Waals surface area contributed by atoms with E-state index >= 15 is 0 Å². The normalized spacial score (nSPS) is 16.8. The van der Waals surface area contributed by atoms with Gasteiger partial charge in [0.1, 0.15) is 6.29 Å². The summed E-state index contributed by atoms with van der Waals surface area (Å²) in [4.78, 5) is 16.7. The molecule has 4 aromatic carbocycles. The van der Waals surface area contributed by atoms with E-state index in [0.29, 0.717) is 6.04 Å². The van der Waals surface area contributed by atoms with Crippen LogP contribution >= 0.6 is 0 Å². The van der Waals surface area contributed by atoms with Gasteiger partial charge in [-0.1, -0.05) is 135 Å². The average Bonchev–Trinajstić information content (AvgIpc) is 3.32. The molecule has 2 atom stereocenters. The predicted octanol–water partition coefficient (Wildman–Crippen LogP) is 8.55. The van der Waals surface area contributed by atoms with Crippen molar-refractivity contribution < 1.29 is 4.79 Å². The molecule has 1 saturated heterocycles. The van der Waals surface area contributed by atoms with Gasteiger partial charge in [0.2, 0.25) is 0 Å². The maximum absolute atomic E-state index is 11.6. The maximum Gasteiger partial charge on any atom is 0.137 e. The first-order valence-electron chi connectivity index (χ1n) is 16.9. The van der Waals surface area contributed by atoms with Crippen molar-refractivity contribution in [2.24, 2.45) is 0 Å². The molecule has 1 fully saturated rings. The molecule has 3 heteroatoms. The number of carbonyl (C=O) groups is 1.